The Morgan fingerprint density at radius 2 is 1.93 bits per heavy atom. The van der Waals surface area contributed by atoms with Crippen LogP contribution in [0.5, 0.6) is 0 Å². The summed E-state index contributed by atoms with van der Waals surface area (Å²) in [4.78, 5) is 19.8. The van der Waals surface area contributed by atoms with Crippen molar-refractivity contribution < 1.29 is 0 Å². The van der Waals surface area contributed by atoms with E-state index in [1.165, 1.54) is 22.9 Å². The molecule has 0 bridgehead atoms. The Labute approximate surface area is 159 Å². The first-order valence-corrected chi connectivity index (χ1v) is 9.42. The van der Waals surface area contributed by atoms with Gasteiger partial charge in [0.2, 0.25) is 5.16 Å². The van der Waals surface area contributed by atoms with Crippen molar-refractivity contribution in [1.82, 2.24) is 30.2 Å². The van der Waals surface area contributed by atoms with Crippen molar-refractivity contribution >= 4 is 22.7 Å². The van der Waals surface area contributed by atoms with E-state index in [0.717, 1.165) is 5.69 Å². The lowest BCUT2D eigenvalue weighted by Gasteiger charge is -2.11. The first-order valence-electron chi connectivity index (χ1n) is 8.54. The summed E-state index contributed by atoms with van der Waals surface area (Å²) in [6, 6.07) is 13.4. The molecule has 1 atom stereocenters. The van der Waals surface area contributed by atoms with Crippen LogP contribution in [-0.2, 0) is 0 Å². The Morgan fingerprint density at radius 1 is 1.11 bits per heavy atom. The smallest absolute Gasteiger partial charge is 0.258 e. The monoisotopic (exact) mass is 378 g/mol. The topological polar surface area (TPSA) is 89.3 Å². The molecular formula is C19H18N6OS. The quantitative estimate of drug-likeness (QED) is 0.548. The summed E-state index contributed by atoms with van der Waals surface area (Å²) in [7, 11) is 0. The first-order chi connectivity index (χ1) is 13.0. The third kappa shape index (κ3) is 3.35. The third-order valence-corrected chi connectivity index (χ3v) is 5.52. The highest BCUT2D eigenvalue weighted by Crippen LogP contribution is 2.32. The van der Waals surface area contributed by atoms with Crippen LogP contribution in [0.2, 0.25) is 0 Å². The van der Waals surface area contributed by atoms with Gasteiger partial charge >= 0.3 is 0 Å². The molecule has 4 rings (SSSR count). The van der Waals surface area contributed by atoms with Gasteiger partial charge in [-0.15, -0.1) is 5.10 Å². The normalized spacial score (nSPS) is 12.4. The van der Waals surface area contributed by atoms with Gasteiger partial charge in [0.25, 0.3) is 5.56 Å². The van der Waals surface area contributed by atoms with E-state index in [1.54, 1.807) is 10.7 Å². The maximum absolute atomic E-state index is 12.3. The molecule has 0 radical (unpaired) electrons. The number of tetrazole rings is 1. The summed E-state index contributed by atoms with van der Waals surface area (Å²) in [5.74, 6) is 0.596. The number of hydrogen-bond acceptors (Lipinski definition) is 6. The van der Waals surface area contributed by atoms with Gasteiger partial charge in [0.05, 0.1) is 21.8 Å². The van der Waals surface area contributed by atoms with Gasteiger partial charge in [0.15, 0.2) is 0 Å². The predicted octanol–water partition coefficient (Wildman–Crippen LogP) is 3.37. The summed E-state index contributed by atoms with van der Waals surface area (Å²) in [5, 5.41) is 13.2. The second-order valence-electron chi connectivity index (χ2n) is 6.37. The Balaban J connectivity index is 1.66. The number of hydrogen-bond donors (Lipinski definition) is 1. The lowest BCUT2D eigenvalue weighted by Crippen LogP contribution is -2.13. The number of aromatic amines is 1. The van der Waals surface area contributed by atoms with E-state index in [1.807, 2.05) is 37.3 Å². The van der Waals surface area contributed by atoms with E-state index in [2.05, 4.69) is 45.4 Å². The number of H-pyrrole nitrogens is 1. The highest BCUT2D eigenvalue weighted by Gasteiger charge is 2.17. The van der Waals surface area contributed by atoms with Crippen molar-refractivity contribution in [2.75, 3.05) is 0 Å². The van der Waals surface area contributed by atoms with E-state index in [9.17, 15) is 4.79 Å². The van der Waals surface area contributed by atoms with Gasteiger partial charge in [0, 0.05) is 0 Å². The Morgan fingerprint density at radius 3 is 2.74 bits per heavy atom. The van der Waals surface area contributed by atoms with Gasteiger partial charge < -0.3 is 4.98 Å². The van der Waals surface area contributed by atoms with Crippen LogP contribution < -0.4 is 5.56 Å². The second kappa shape index (κ2) is 6.96. The molecule has 0 fully saturated rings. The van der Waals surface area contributed by atoms with Crippen LogP contribution in [0.3, 0.4) is 0 Å². The number of aromatic nitrogens is 6. The molecule has 2 heterocycles. The molecule has 2 aromatic carbocycles. The van der Waals surface area contributed by atoms with Crippen molar-refractivity contribution in [3.63, 3.8) is 0 Å². The van der Waals surface area contributed by atoms with Crippen molar-refractivity contribution in [3.8, 4) is 5.69 Å². The molecule has 0 aliphatic rings. The first kappa shape index (κ1) is 17.4. The predicted molar refractivity (Wildman–Crippen MR) is 105 cm³/mol. The van der Waals surface area contributed by atoms with Crippen LogP contribution in [0.25, 0.3) is 16.6 Å². The maximum atomic E-state index is 12.3. The lowest BCUT2D eigenvalue weighted by atomic mass is 10.1. The summed E-state index contributed by atoms with van der Waals surface area (Å²) >= 11 is 1.45. The van der Waals surface area contributed by atoms with Crippen molar-refractivity contribution in [2.24, 2.45) is 0 Å². The highest BCUT2D eigenvalue weighted by molar-refractivity contribution is 7.99. The molecular weight excluding hydrogens is 360 g/mol. The number of rotatable bonds is 4. The van der Waals surface area contributed by atoms with Gasteiger partial charge in [-0.3, -0.25) is 4.79 Å². The molecule has 0 amide bonds. The van der Waals surface area contributed by atoms with Gasteiger partial charge in [0.1, 0.15) is 5.82 Å². The minimum absolute atomic E-state index is 0.126. The number of aryl methyl sites for hydroxylation is 2. The number of fused-ring (bicyclic) bond motifs is 1. The average Bonchev–Trinajstić information content (AvgIpc) is 3.12. The van der Waals surface area contributed by atoms with E-state index in [4.69, 9.17) is 0 Å². The molecule has 0 saturated carbocycles. The molecule has 2 aromatic heterocycles. The number of benzene rings is 2. The second-order valence-corrected chi connectivity index (χ2v) is 7.68. The maximum Gasteiger partial charge on any atom is 0.258 e. The minimum Gasteiger partial charge on any atom is -0.309 e. The zero-order chi connectivity index (χ0) is 19.0. The Bertz CT molecular complexity index is 1180. The van der Waals surface area contributed by atoms with E-state index >= 15 is 0 Å². The van der Waals surface area contributed by atoms with E-state index in [-0.39, 0.29) is 10.8 Å². The molecule has 136 valence electrons. The van der Waals surface area contributed by atoms with E-state index in [0.29, 0.717) is 21.9 Å². The minimum atomic E-state index is -0.142. The molecule has 4 aromatic rings. The molecule has 0 aliphatic heterocycles. The zero-order valence-electron chi connectivity index (χ0n) is 15.2. The van der Waals surface area contributed by atoms with Crippen LogP contribution in [0.15, 0.2) is 52.4 Å². The van der Waals surface area contributed by atoms with Gasteiger partial charge in [-0.2, -0.15) is 4.68 Å². The lowest BCUT2D eigenvalue weighted by molar-refractivity contribution is 0.753. The number of thioether (sulfide) groups is 1. The Hall–Kier alpha value is -3.00. The van der Waals surface area contributed by atoms with Crippen LogP contribution >= 0.6 is 11.8 Å². The summed E-state index contributed by atoms with van der Waals surface area (Å²) in [6.07, 6.45) is 0. The third-order valence-electron chi connectivity index (χ3n) is 4.47. The molecule has 27 heavy (non-hydrogen) atoms. The summed E-state index contributed by atoms with van der Waals surface area (Å²) < 4.78 is 1.70. The zero-order valence-corrected chi connectivity index (χ0v) is 16.0. The molecule has 0 saturated heterocycles. The molecule has 0 unspecified atom stereocenters. The van der Waals surface area contributed by atoms with Gasteiger partial charge in [-0.1, -0.05) is 30.0 Å². The van der Waals surface area contributed by atoms with Crippen LogP contribution in [0.1, 0.15) is 29.1 Å². The Kier molecular flexibility index (Phi) is 4.49. The van der Waals surface area contributed by atoms with Crippen molar-refractivity contribution in [2.45, 2.75) is 31.2 Å². The molecule has 0 aliphatic carbocycles. The number of nitrogens with zero attached hydrogens (tertiary/aromatic N) is 5. The fraction of sp³-hybridized carbons (Fsp3) is 0.211. The van der Waals surface area contributed by atoms with E-state index < -0.39 is 0 Å². The highest BCUT2D eigenvalue weighted by atomic mass is 32.2. The largest absolute Gasteiger partial charge is 0.309 e. The van der Waals surface area contributed by atoms with Gasteiger partial charge in [-0.05, 0) is 66.6 Å². The van der Waals surface area contributed by atoms with Crippen LogP contribution in [-0.4, -0.2) is 30.2 Å². The molecule has 7 nitrogen and oxygen atoms in total. The standard InChI is InChI=1S/C19H18N6OS/c1-11-8-9-14(10-12(11)2)25-19(22-23-24-25)27-13(3)17-20-16-7-5-4-6-15(16)18(26)21-17/h4-10,13H,1-3H3,(H,20,21,26)/t13-/m1/s1. The molecule has 8 heteroatoms. The fourth-order valence-electron chi connectivity index (χ4n) is 2.78. The van der Waals surface area contributed by atoms with Crippen molar-refractivity contribution in [3.05, 3.63) is 69.8 Å². The van der Waals surface area contributed by atoms with Gasteiger partial charge in [-0.25, -0.2) is 4.98 Å². The molecule has 1 N–H and O–H groups in total. The fourth-order valence-corrected chi connectivity index (χ4v) is 3.65. The number of nitrogens with one attached hydrogen (secondary N) is 1. The molecule has 0 spiro atoms. The number of para-hydroxylation sites is 1. The SMILES string of the molecule is Cc1ccc(-n2nnnc2S[C@H](C)c2nc3ccccc3c(=O)[nH]2)cc1C. The van der Waals surface area contributed by atoms with Crippen LogP contribution in [0, 0.1) is 13.8 Å². The van der Waals surface area contributed by atoms with Crippen LogP contribution in [0.4, 0.5) is 0 Å². The van der Waals surface area contributed by atoms with Crippen molar-refractivity contribution in [1.29, 1.82) is 0 Å². The average molecular weight is 378 g/mol. The summed E-state index contributed by atoms with van der Waals surface area (Å²) in [5.41, 5.74) is 3.83. The summed E-state index contributed by atoms with van der Waals surface area (Å²) in [6.45, 7) is 6.09.